The smallest absolute Gasteiger partial charge is 0.256 e. The summed E-state index contributed by atoms with van der Waals surface area (Å²) in [5.41, 5.74) is 3.36. The van der Waals surface area contributed by atoms with Gasteiger partial charge in [0.15, 0.2) is 0 Å². The number of amides is 1. The predicted octanol–water partition coefficient (Wildman–Crippen LogP) is 3.70. The summed E-state index contributed by atoms with van der Waals surface area (Å²) in [7, 11) is 2.13. The molecule has 1 aliphatic heterocycles. The van der Waals surface area contributed by atoms with Crippen molar-refractivity contribution in [2.24, 2.45) is 0 Å². The van der Waals surface area contributed by atoms with E-state index in [2.05, 4.69) is 32.1 Å². The van der Waals surface area contributed by atoms with Crippen LogP contribution < -0.4 is 10.2 Å². The number of hydrogen-bond donors (Lipinski definition) is 1. The van der Waals surface area contributed by atoms with Gasteiger partial charge in [0.2, 0.25) is 0 Å². The van der Waals surface area contributed by atoms with Crippen LogP contribution in [0.15, 0.2) is 73.1 Å². The summed E-state index contributed by atoms with van der Waals surface area (Å²) >= 11 is 0. The minimum Gasteiger partial charge on any atom is -0.354 e. The Morgan fingerprint density at radius 2 is 1.72 bits per heavy atom. The van der Waals surface area contributed by atoms with Crippen molar-refractivity contribution >= 4 is 28.3 Å². The average molecular weight is 425 g/mol. The van der Waals surface area contributed by atoms with Gasteiger partial charge in [-0.25, -0.2) is 9.97 Å². The number of benzene rings is 1. The van der Waals surface area contributed by atoms with E-state index in [1.54, 1.807) is 18.5 Å². The number of pyridine rings is 3. The highest BCUT2D eigenvalue weighted by atomic mass is 16.1. The molecule has 3 aromatic heterocycles. The Morgan fingerprint density at radius 3 is 2.47 bits per heavy atom. The molecule has 160 valence electrons. The molecule has 4 heterocycles. The monoisotopic (exact) mass is 424 g/mol. The minimum absolute atomic E-state index is 0.199. The first-order chi connectivity index (χ1) is 15.7. The van der Waals surface area contributed by atoms with Crippen LogP contribution in [-0.4, -0.2) is 59.0 Å². The molecule has 1 aromatic carbocycles. The summed E-state index contributed by atoms with van der Waals surface area (Å²) in [5, 5.41) is 3.79. The number of carbonyl (C=O) groups is 1. The fraction of sp³-hybridized carbons (Fsp3) is 0.200. The molecule has 7 heteroatoms. The minimum atomic E-state index is -0.199. The van der Waals surface area contributed by atoms with E-state index in [9.17, 15) is 4.79 Å². The molecule has 4 aromatic rings. The largest absolute Gasteiger partial charge is 0.354 e. The molecule has 7 nitrogen and oxygen atoms in total. The molecule has 1 amide bonds. The number of aromatic nitrogens is 3. The van der Waals surface area contributed by atoms with E-state index in [1.807, 2.05) is 54.6 Å². The van der Waals surface area contributed by atoms with Crippen LogP contribution in [0.5, 0.6) is 0 Å². The van der Waals surface area contributed by atoms with Gasteiger partial charge in [0.25, 0.3) is 5.91 Å². The van der Waals surface area contributed by atoms with Gasteiger partial charge in [0.05, 0.1) is 34.4 Å². The highest BCUT2D eigenvalue weighted by Crippen LogP contribution is 2.25. The van der Waals surface area contributed by atoms with Gasteiger partial charge < -0.3 is 15.1 Å². The summed E-state index contributed by atoms with van der Waals surface area (Å²) in [6.45, 7) is 3.95. The fourth-order valence-electron chi connectivity index (χ4n) is 3.89. The Kier molecular flexibility index (Phi) is 5.47. The molecule has 32 heavy (non-hydrogen) atoms. The number of piperazine rings is 1. The molecule has 0 saturated carbocycles. The Hall–Kier alpha value is -3.84. The summed E-state index contributed by atoms with van der Waals surface area (Å²) < 4.78 is 0. The van der Waals surface area contributed by atoms with Gasteiger partial charge in [-0.3, -0.25) is 9.78 Å². The van der Waals surface area contributed by atoms with Crippen LogP contribution in [0.4, 0.5) is 11.5 Å². The maximum atomic E-state index is 13.2. The van der Waals surface area contributed by atoms with Gasteiger partial charge in [0.1, 0.15) is 5.82 Å². The lowest BCUT2D eigenvalue weighted by molar-refractivity contribution is 0.102. The van der Waals surface area contributed by atoms with E-state index in [1.165, 1.54) is 0 Å². The van der Waals surface area contributed by atoms with Crippen LogP contribution in [0, 0.1) is 0 Å². The lowest BCUT2D eigenvalue weighted by atomic mass is 10.1. The van der Waals surface area contributed by atoms with Gasteiger partial charge in [0, 0.05) is 37.8 Å². The second kappa shape index (κ2) is 8.72. The molecule has 0 unspecified atom stereocenters. The maximum absolute atomic E-state index is 13.2. The normalized spacial score (nSPS) is 14.5. The van der Waals surface area contributed by atoms with Gasteiger partial charge in [-0.1, -0.05) is 24.3 Å². The molecular formula is C25H24N6O. The summed E-state index contributed by atoms with van der Waals surface area (Å²) in [6.07, 6.45) is 3.44. The molecule has 1 aliphatic rings. The molecule has 0 spiro atoms. The molecule has 1 fully saturated rings. The van der Waals surface area contributed by atoms with Gasteiger partial charge in [-0.05, 0) is 43.4 Å². The zero-order valence-corrected chi connectivity index (χ0v) is 17.9. The number of rotatable bonds is 4. The van der Waals surface area contributed by atoms with Crippen molar-refractivity contribution in [1.29, 1.82) is 0 Å². The third-order valence-corrected chi connectivity index (χ3v) is 5.72. The molecule has 0 radical (unpaired) electrons. The van der Waals surface area contributed by atoms with Crippen molar-refractivity contribution in [1.82, 2.24) is 19.9 Å². The molecule has 5 rings (SSSR count). The molecule has 0 bridgehead atoms. The zero-order valence-electron chi connectivity index (χ0n) is 17.9. The van der Waals surface area contributed by atoms with Crippen molar-refractivity contribution in [3.8, 4) is 11.4 Å². The average Bonchev–Trinajstić information content (AvgIpc) is 2.85. The zero-order chi connectivity index (χ0) is 21.9. The van der Waals surface area contributed by atoms with E-state index in [4.69, 9.17) is 4.98 Å². The highest BCUT2D eigenvalue weighted by molar-refractivity contribution is 6.13. The molecule has 0 atom stereocenters. The van der Waals surface area contributed by atoms with Crippen molar-refractivity contribution < 1.29 is 4.79 Å². The van der Waals surface area contributed by atoms with Crippen LogP contribution in [0.3, 0.4) is 0 Å². The number of hydrogen-bond acceptors (Lipinski definition) is 6. The number of nitrogens with zero attached hydrogens (tertiary/aromatic N) is 5. The fourth-order valence-corrected chi connectivity index (χ4v) is 3.89. The van der Waals surface area contributed by atoms with Crippen molar-refractivity contribution in [3.63, 3.8) is 0 Å². The van der Waals surface area contributed by atoms with Crippen molar-refractivity contribution in [2.45, 2.75) is 0 Å². The van der Waals surface area contributed by atoms with Crippen molar-refractivity contribution in [3.05, 3.63) is 78.6 Å². The number of fused-ring (bicyclic) bond motifs is 1. The van der Waals surface area contributed by atoms with E-state index < -0.39 is 0 Å². The van der Waals surface area contributed by atoms with Gasteiger partial charge in [-0.15, -0.1) is 0 Å². The van der Waals surface area contributed by atoms with E-state index >= 15 is 0 Å². The second-order valence-electron chi connectivity index (χ2n) is 7.94. The standard InChI is InChI=1S/C25H24N6O/c1-30-12-14-31(15-13-30)24-10-9-18(17-27-24)28-25(32)20-16-23(22-8-4-5-11-26-22)29-21-7-3-2-6-19(20)21/h2-11,16-17H,12-15H2,1H3,(H,28,32). The Labute approximate surface area is 186 Å². The first kappa shape index (κ1) is 20.1. The first-order valence-electron chi connectivity index (χ1n) is 10.7. The number of para-hydroxylation sites is 1. The maximum Gasteiger partial charge on any atom is 0.256 e. The topological polar surface area (TPSA) is 74.2 Å². The quantitative estimate of drug-likeness (QED) is 0.539. The third-order valence-electron chi connectivity index (χ3n) is 5.72. The second-order valence-corrected chi connectivity index (χ2v) is 7.94. The highest BCUT2D eigenvalue weighted by Gasteiger charge is 2.17. The molecule has 1 saturated heterocycles. The molecule has 1 N–H and O–H groups in total. The Morgan fingerprint density at radius 1 is 0.906 bits per heavy atom. The van der Waals surface area contributed by atoms with E-state index in [0.717, 1.165) is 48.6 Å². The van der Waals surface area contributed by atoms with Crippen LogP contribution in [0.1, 0.15) is 10.4 Å². The predicted molar refractivity (Wildman–Crippen MR) is 127 cm³/mol. The number of anilines is 2. The summed E-state index contributed by atoms with van der Waals surface area (Å²) in [5.74, 6) is 0.734. The van der Waals surface area contributed by atoms with Crippen LogP contribution >= 0.6 is 0 Å². The number of carbonyl (C=O) groups excluding carboxylic acids is 1. The van der Waals surface area contributed by atoms with Crippen molar-refractivity contribution in [2.75, 3.05) is 43.4 Å². The number of nitrogens with one attached hydrogen (secondary N) is 1. The summed E-state index contributed by atoms with van der Waals surface area (Å²) in [4.78, 5) is 31.5. The number of likely N-dealkylation sites (N-methyl/N-ethyl adjacent to an activating group) is 1. The lowest BCUT2D eigenvalue weighted by Gasteiger charge is -2.33. The van der Waals surface area contributed by atoms with E-state index in [-0.39, 0.29) is 5.91 Å². The van der Waals surface area contributed by atoms with Crippen LogP contribution in [0.2, 0.25) is 0 Å². The molecule has 0 aliphatic carbocycles. The Balaban J connectivity index is 1.41. The van der Waals surface area contributed by atoms with Gasteiger partial charge >= 0.3 is 0 Å². The third kappa shape index (κ3) is 4.15. The first-order valence-corrected chi connectivity index (χ1v) is 10.7. The lowest BCUT2D eigenvalue weighted by Crippen LogP contribution is -2.44. The van der Waals surface area contributed by atoms with E-state index in [0.29, 0.717) is 16.9 Å². The molecular weight excluding hydrogens is 400 g/mol. The Bertz CT molecular complexity index is 1230. The van der Waals surface area contributed by atoms with Crippen LogP contribution in [0.25, 0.3) is 22.3 Å². The SMILES string of the molecule is CN1CCN(c2ccc(NC(=O)c3cc(-c4ccccn4)nc4ccccc34)cn2)CC1. The summed E-state index contributed by atoms with van der Waals surface area (Å²) in [6, 6.07) is 19.0. The van der Waals surface area contributed by atoms with Crippen LogP contribution in [-0.2, 0) is 0 Å². The van der Waals surface area contributed by atoms with Gasteiger partial charge in [-0.2, -0.15) is 0 Å².